The summed E-state index contributed by atoms with van der Waals surface area (Å²) >= 11 is 0. The van der Waals surface area contributed by atoms with Gasteiger partial charge in [-0.3, -0.25) is 0 Å². The summed E-state index contributed by atoms with van der Waals surface area (Å²) in [5.74, 6) is -0.510. The molecule has 0 bridgehead atoms. The van der Waals surface area contributed by atoms with Gasteiger partial charge >= 0.3 is 6.09 Å². The third kappa shape index (κ3) is 22.0. The van der Waals surface area contributed by atoms with E-state index in [0.29, 0.717) is 19.7 Å². The molecule has 1 amide bonds. The average molecular weight is 760 g/mol. The van der Waals surface area contributed by atoms with Crippen molar-refractivity contribution >= 4 is 6.09 Å². The highest BCUT2D eigenvalue weighted by atomic mass is 16.8. The van der Waals surface area contributed by atoms with Gasteiger partial charge in [-0.15, -0.1) is 0 Å². The summed E-state index contributed by atoms with van der Waals surface area (Å²) in [5, 5.41) is 0. The SMILES string of the molecule is CCCCC/C=C\C/C=C\CCCCCCCCC1(CCCCCCCC/C=C\C/C=C\CCCCC)O[C@H]2CN(C(=O)OCc3ccccc3)CC[C@H]2O1. The van der Waals surface area contributed by atoms with E-state index in [1.165, 1.54) is 128 Å². The molecule has 0 radical (unpaired) electrons. The minimum atomic E-state index is -0.510. The number of likely N-dealkylation sites (tertiary alicyclic amines) is 1. The highest BCUT2D eigenvalue weighted by Crippen LogP contribution is 2.40. The van der Waals surface area contributed by atoms with Gasteiger partial charge in [0.1, 0.15) is 12.7 Å². The number of carbonyl (C=O) groups is 1. The summed E-state index contributed by atoms with van der Waals surface area (Å²) in [6.45, 7) is 6.03. The van der Waals surface area contributed by atoms with Crippen LogP contribution in [-0.4, -0.2) is 42.1 Å². The molecule has 5 nitrogen and oxygen atoms in total. The Morgan fingerprint density at radius 2 is 1.07 bits per heavy atom. The van der Waals surface area contributed by atoms with Gasteiger partial charge in [0.05, 0.1) is 12.6 Å². The molecule has 2 aliphatic rings. The van der Waals surface area contributed by atoms with Gasteiger partial charge in [-0.1, -0.05) is 170 Å². The van der Waals surface area contributed by atoms with Crippen LogP contribution in [0.4, 0.5) is 4.79 Å². The Kier molecular flexibility index (Phi) is 26.7. The molecule has 0 unspecified atom stereocenters. The Labute approximate surface area is 338 Å². The van der Waals surface area contributed by atoms with E-state index in [4.69, 9.17) is 14.2 Å². The van der Waals surface area contributed by atoms with E-state index in [2.05, 4.69) is 62.5 Å². The number of amides is 1. The van der Waals surface area contributed by atoms with Crippen molar-refractivity contribution in [1.29, 1.82) is 0 Å². The summed E-state index contributed by atoms with van der Waals surface area (Å²) in [6.07, 6.45) is 51.1. The van der Waals surface area contributed by atoms with Gasteiger partial charge in [0.25, 0.3) is 0 Å². The first-order valence-electron chi connectivity index (χ1n) is 23.1. The quantitative estimate of drug-likeness (QED) is 0.0542. The Hall–Kier alpha value is -2.63. The van der Waals surface area contributed by atoms with E-state index in [0.717, 1.165) is 50.5 Å². The van der Waals surface area contributed by atoms with E-state index in [1.54, 1.807) is 0 Å². The molecular weight excluding hydrogens is 679 g/mol. The molecule has 55 heavy (non-hydrogen) atoms. The molecule has 1 aromatic rings. The predicted octanol–water partition coefficient (Wildman–Crippen LogP) is 14.9. The van der Waals surface area contributed by atoms with Crippen LogP contribution in [0.15, 0.2) is 78.9 Å². The van der Waals surface area contributed by atoms with Crippen LogP contribution < -0.4 is 0 Å². The number of hydrogen-bond donors (Lipinski definition) is 0. The minimum absolute atomic E-state index is 0.0624. The lowest BCUT2D eigenvalue weighted by molar-refractivity contribution is -0.185. The van der Waals surface area contributed by atoms with Crippen LogP contribution in [-0.2, 0) is 20.8 Å². The number of hydrogen-bond acceptors (Lipinski definition) is 4. The van der Waals surface area contributed by atoms with Crippen molar-refractivity contribution < 1.29 is 19.0 Å². The van der Waals surface area contributed by atoms with Crippen molar-refractivity contribution in [1.82, 2.24) is 4.90 Å². The van der Waals surface area contributed by atoms with E-state index in [-0.39, 0.29) is 18.3 Å². The van der Waals surface area contributed by atoms with Crippen LogP contribution in [0, 0.1) is 0 Å². The fourth-order valence-corrected chi connectivity index (χ4v) is 7.82. The molecule has 2 aliphatic heterocycles. The number of benzene rings is 1. The maximum absolute atomic E-state index is 13.0. The highest BCUT2D eigenvalue weighted by molar-refractivity contribution is 5.67. The van der Waals surface area contributed by atoms with Crippen molar-refractivity contribution in [3.8, 4) is 0 Å². The number of ether oxygens (including phenoxy) is 3. The number of allylic oxidation sites excluding steroid dienone is 8. The lowest BCUT2D eigenvalue weighted by atomic mass is 9.98. The highest BCUT2D eigenvalue weighted by Gasteiger charge is 2.49. The normalized spacial score (nSPS) is 18.4. The zero-order valence-electron chi connectivity index (χ0n) is 35.5. The van der Waals surface area contributed by atoms with Crippen LogP contribution >= 0.6 is 0 Å². The van der Waals surface area contributed by atoms with Gasteiger partial charge in [0, 0.05) is 19.4 Å². The molecule has 0 spiro atoms. The zero-order chi connectivity index (χ0) is 38.9. The fourth-order valence-electron chi connectivity index (χ4n) is 7.82. The number of carbonyl (C=O) groups excluding carboxylic acids is 1. The second-order valence-electron chi connectivity index (χ2n) is 16.2. The molecule has 1 aromatic carbocycles. The Morgan fingerprint density at radius 1 is 0.618 bits per heavy atom. The van der Waals surface area contributed by atoms with Gasteiger partial charge in [0.2, 0.25) is 0 Å². The smallest absolute Gasteiger partial charge is 0.410 e. The summed E-state index contributed by atoms with van der Waals surface area (Å²) in [6, 6.07) is 9.91. The van der Waals surface area contributed by atoms with Gasteiger partial charge < -0.3 is 19.1 Å². The van der Waals surface area contributed by atoms with E-state index in [9.17, 15) is 4.79 Å². The second-order valence-corrected chi connectivity index (χ2v) is 16.2. The van der Waals surface area contributed by atoms with E-state index >= 15 is 0 Å². The minimum Gasteiger partial charge on any atom is -0.445 e. The first-order valence-corrected chi connectivity index (χ1v) is 23.1. The molecule has 0 aromatic heterocycles. The fraction of sp³-hybridized carbons (Fsp3) is 0.700. The second kappa shape index (κ2) is 31.5. The zero-order valence-corrected chi connectivity index (χ0v) is 35.5. The summed E-state index contributed by atoms with van der Waals surface area (Å²) in [5.41, 5.74) is 1.01. The van der Waals surface area contributed by atoms with E-state index < -0.39 is 5.79 Å². The lowest BCUT2D eigenvalue weighted by Gasteiger charge is -2.32. The molecule has 5 heteroatoms. The van der Waals surface area contributed by atoms with Crippen LogP contribution in [0.5, 0.6) is 0 Å². The number of rotatable bonds is 32. The Bertz CT molecular complexity index is 1140. The third-order valence-electron chi connectivity index (χ3n) is 11.2. The molecule has 0 saturated carbocycles. The summed E-state index contributed by atoms with van der Waals surface area (Å²) < 4.78 is 19.4. The Morgan fingerprint density at radius 3 is 1.58 bits per heavy atom. The molecule has 2 atom stereocenters. The van der Waals surface area contributed by atoms with Gasteiger partial charge in [-0.05, 0) is 89.0 Å². The van der Waals surface area contributed by atoms with Crippen LogP contribution in [0.25, 0.3) is 0 Å². The molecule has 0 N–H and O–H groups in total. The van der Waals surface area contributed by atoms with Crippen molar-refractivity contribution in [2.75, 3.05) is 13.1 Å². The molecule has 310 valence electrons. The predicted molar refractivity (Wildman–Crippen MR) is 233 cm³/mol. The number of fused-ring (bicyclic) bond motifs is 1. The maximum atomic E-state index is 13.0. The topological polar surface area (TPSA) is 48.0 Å². The maximum Gasteiger partial charge on any atom is 0.410 e. The molecule has 2 saturated heterocycles. The van der Waals surface area contributed by atoms with Gasteiger partial charge in [0.15, 0.2) is 5.79 Å². The number of nitrogens with zero attached hydrogens (tertiary/aromatic N) is 1. The third-order valence-corrected chi connectivity index (χ3v) is 11.2. The number of unbranched alkanes of at least 4 members (excludes halogenated alkanes) is 18. The van der Waals surface area contributed by atoms with Crippen LogP contribution in [0.1, 0.15) is 193 Å². The molecule has 2 fully saturated rings. The monoisotopic (exact) mass is 760 g/mol. The average Bonchev–Trinajstić information content (AvgIpc) is 3.57. The summed E-state index contributed by atoms with van der Waals surface area (Å²) in [7, 11) is 0. The lowest BCUT2D eigenvalue weighted by Crippen LogP contribution is -2.47. The Balaban J connectivity index is 1.34. The number of piperidine rings is 1. The first kappa shape index (κ1) is 46.8. The van der Waals surface area contributed by atoms with Crippen molar-refractivity contribution in [3.05, 3.63) is 84.5 Å². The molecule has 2 heterocycles. The van der Waals surface area contributed by atoms with Crippen LogP contribution in [0.3, 0.4) is 0 Å². The molecular formula is C50H81NO4. The molecule has 0 aliphatic carbocycles. The van der Waals surface area contributed by atoms with Crippen molar-refractivity contribution in [2.24, 2.45) is 0 Å². The standard InChI is InChI=1S/C50H81NO4/c1-3-5-7-9-11-13-15-17-19-21-23-25-27-29-31-36-41-50(42-37-32-30-28-26-24-22-20-18-16-14-12-10-8-6-4-2)54-47-40-43-51(44-48(47)55-50)49(52)53-45-46-38-34-33-35-39-46/h11-14,17-20,33-35,38-39,47-48H,3-10,15-16,21-32,36-37,40-45H2,1-2H3/b13-11-,14-12-,19-17-,20-18-/t47-,48+/m1/s1. The van der Waals surface area contributed by atoms with Crippen molar-refractivity contribution in [3.63, 3.8) is 0 Å². The summed E-state index contributed by atoms with van der Waals surface area (Å²) in [4.78, 5) is 14.8. The first-order chi connectivity index (χ1) is 27.2. The van der Waals surface area contributed by atoms with Crippen LogP contribution in [0.2, 0.25) is 0 Å². The molecule has 3 rings (SSSR count). The largest absolute Gasteiger partial charge is 0.445 e. The van der Waals surface area contributed by atoms with Gasteiger partial charge in [-0.2, -0.15) is 0 Å². The van der Waals surface area contributed by atoms with Gasteiger partial charge in [-0.25, -0.2) is 4.79 Å². The van der Waals surface area contributed by atoms with E-state index in [1.807, 2.05) is 35.2 Å². The van der Waals surface area contributed by atoms with Crippen molar-refractivity contribution in [2.45, 2.75) is 212 Å².